The van der Waals surface area contributed by atoms with Crippen molar-refractivity contribution >= 4 is 18.9 Å². The molecule has 0 radical (unpaired) electrons. The van der Waals surface area contributed by atoms with Crippen molar-refractivity contribution in [3.05, 3.63) is 29.3 Å². The zero-order valence-electron chi connectivity index (χ0n) is 8.97. The molecule has 0 spiro atoms. The Morgan fingerprint density at radius 1 is 1.40 bits per heavy atom. The Kier molecular flexibility index (Phi) is 4.06. The SMILES string of the molecule is CC(C)Cc1ccc(B(O)O)cc1C=O. The maximum atomic E-state index is 10.8. The van der Waals surface area contributed by atoms with Crippen LogP contribution >= 0.6 is 0 Å². The third kappa shape index (κ3) is 3.18. The summed E-state index contributed by atoms with van der Waals surface area (Å²) in [6.45, 7) is 4.15. The van der Waals surface area contributed by atoms with Gasteiger partial charge in [0.05, 0.1) is 0 Å². The predicted octanol–water partition coefficient (Wildman–Crippen LogP) is 0.377. The van der Waals surface area contributed by atoms with Crippen molar-refractivity contribution in [3.8, 4) is 0 Å². The molecule has 2 N–H and O–H groups in total. The lowest BCUT2D eigenvalue weighted by Gasteiger charge is -2.09. The van der Waals surface area contributed by atoms with E-state index >= 15 is 0 Å². The number of hydrogen-bond acceptors (Lipinski definition) is 3. The normalized spacial score (nSPS) is 10.5. The second kappa shape index (κ2) is 5.10. The molecule has 0 aliphatic carbocycles. The molecule has 0 bridgehead atoms. The van der Waals surface area contributed by atoms with Gasteiger partial charge in [0, 0.05) is 5.56 Å². The van der Waals surface area contributed by atoms with Crippen molar-refractivity contribution in [2.75, 3.05) is 0 Å². The van der Waals surface area contributed by atoms with E-state index in [0.717, 1.165) is 18.3 Å². The predicted molar refractivity (Wildman–Crippen MR) is 60.2 cm³/mol. The van der Waals surface area contributed by atoms with Crippen LogP contribution in [-0.2, 0) is 6.42 Å². The number of rotatable bonds is 4. The molecule has 1 aromatic carbocycles. The molecule has 0 aromatic heterocycles. The first-order chi connectivity index (χ1) is 7.04. The molecule has 0 unspecified atom stereocenters. The summed E-state index contributed by atoms with van der Waals surface area (Å²) in [7, 11) is -1.52. The second-order valence-corrected chi connectivity index (χ2v) is 4.05. The van der Waals surface area contributed by atoms with Gasteiger partial charge >= 0.3 is 7.12 Å². The van der Waals surface area contributed by atoms with Crippen LogP contribution in [-0.4, -0.2) is 23.5 Å². The van der Waals surface area contributed by atoms with Gasteiger partial charge in [-0.2, -0.15) is 0 Å². The highest BCUT2D eigenvalue weighted by Crippen LogP contribution is 2.11. The van der Waals surface area contributed by atoms with Gasteiger partial charge in [0.15, 0.2) is 0 Å². The quantitative estimate of drug-likeness (QED) is 0.553. The highest BCUT2D eigenvalue weighted by molar-refractivity contribution is 6.58. The molecule has 3 nitrogen and oxygen atoms in total. The Hall–Kier alpha value is -1.13. The van der Waals surface area contributed by atoms with Gasteiger partial charge in [-0.25, -0.2) is 0 Å². The molecule has 0 fully saturated rings. The third-order valence-electron chi connectivity index (χ3n) is 2.22. The van der Waals surface area contributed by atoms with Gasteiger partial charge in [-0.15, -0.1) is 0 Å². The van der Waals surface area contributed by atoms with Crippen molar-refractivity contribution in [1.29, 1.82) is 0 Å². The Labute approximate surface area is 89.9 Å². The van der Waals surface area contributed by atoms with Crippen LogP contribution in [0.1, 0.15) is 29.8 Å². The first kappa shape index (κ1) is 11.9. The van der Waals surface area contributed by atoms with E-state index in [-0.39, 0.29) is 0 Å². The van der Waals surface area contributed by atoms with Crippen molar-refractivity contribution < 1.29 is 14.8 Å². The Bertz CT molecular complexity index is 348. The van der Waals surface area contributed by atoms with Crippen LogP contribution in [0.3, 0.4) is 0 Å². The topological polar surface area (TPSA) is 57.5 Å². The number of carbonyl (C=O) groups excluding carboxylic acids is 1. The molecule has 0 heterocycles. The number of benzene rings is 1. The van der Waals surface area contributed by atoms with E-state index in [2.05, 4.69) is 13.8 Å². The minimum Gasteiger partial charge on any atom is -0.423 e. The van der Waals surface area contributed by atoms with E-state index in [9.17, 15) is 4.79 Å². The monoisotopic (exact) mass is 206 g/mol. The summed E-state index contributed by atoms with van der Waals surface area (Å²) in [4.78, 5) is 10.8. The molecule has 0 saturated heterocycles. The van der Waals surface area contributed by atoms with Gasteiger partial charge in [-0.05, 0) is 23.4 Å². The van der Waals surface area contributed by atoms with Crippen LogP contribution in [0.5, 0.6) is 0 Å². The molecule has 0 atom stereocenters. The van der Waals surface area contributed by atoms with Crippen LogP contribution in [0.2, 0.25) is 0 Å². The molecule has 0 saturated carbocycles. The molecule has 4 heteroatoms. The van der Waals surface area contributed by atoms with E-state index in [0.29, 0.717) is 16.9 Å². The van der Waals surface area contributed by atoms with Gasteiger partial charge < -0.3 is 10.0 Å². The van der Waals surface area contributed by atoms with Crippen LogP contribution in [0.15, 0.2) is 18.2 Å². The lowest BCUT2D eigenvalue weighted by atomic mass is 9.78. The van der Waals surface area contributed by atoms with Gasteiger partial charge in [-0.1, -0.05) is 32.0 Å². The molecular formula is C11H15BO3. The van der Waals surface area contributed by atoms with Crippen molar-refractivity contribution in [2.45, 2.75) is 20.3 Å². The Morgan fingerprint density at radius 2 is 2.07 bits per heavy atom. The molecule has 0 amide bonds. The molecule has 0 aliphatic heterocycles. The standard InChI is InChI=1S/C11H15BO3/c1-8(2)5-9-3-4-11(12(14)15)6-10(9)7-13/h3-4,6-8,14-15H,5H2,1-2H3. The third-order valence-corrected chi connectivity index (χ3v) is 2.22. The van der Waals surface area contributed by atoms with E-state index in [1.807, 2.05) is 0 Å². The maximum absolute atomic E-state index is 10.8. The van der Waals surface area contributed by atoms with Crippen molar-refractivity contribution in [1.82, 2.24) is 0 Å². The highest BCUT2D eigenvalue weighted by atomic mass is 16.4. The first-order valence-corrected chi connectivity index (χ1v) is 4.98. The number of aldehydes is 1. The zero-order valence-corrected chi connectivity index (χ0v) is 8.97. The van der Waals surface area contributed by atoms with E-state index in [1.165, 1.54) is 6.07 Å². The summed E-state index contributed by atoms with van der Waals surface area (Å²) in [5.41, 5.74) is 1.84. The lowest BCUT2D eigenvalue weighted by Crippen LogP contribution is -2.30. The lowest BCUT2D eigenvalue weighted by molar-refractivity contribution is 0.112. The molecule has 80 valence electrons. The zero-order chi connectivity index (χ0) is 11.4. The van der Waals surface area contributed by atoms with Gasteiger partial charge in [0.25, 0.3) is 0 Å². The highest BCUT2D eigenvalue weighted by Gasteiger charge is 2.13. The Morgan fingerprint density at radius 3 is 2.53 bits per heavy atom. The minimum atomic E-state index is -1.52. The summed E-state index contributed by atoms with van der Waals surface area (Å²) in [5, 5.41) is 17.9. The van der Waals surface area contributed by atoms with Crippen LogP contribution in [0, 0.1) is 5.92 Å². The van der Waals surface area contributed by atoms with Gasteiger partial charge in [0.1, 0.15) is 6.29 Å². The largest absolute Gasteiger partial charge is 0.488 e. The minimum absolute atomic E-state index is 0.351. The van der Waals surface area contributed by atoms with Crippen molar-refractivity contribution in [3.63, 3.8) is 0 Å². The summed E-state index contributed by atoms with van der Waals surface area (Å²) in [6, 6.07) is 4.93. The van der Waals surface area contributed by atoms with Gasteiger partial charge in [0.2, 0.25) is 0 Å². The first-order valence-electron chi connectivity index (χ1n) is 4.98. The van der Waals surface area contributed by atoms with Crippen LogP contribution < -0.4 is 5.46 Å². The van der Waals surface area contributed by atoms with Crippen molar-refractivity contribution in [2.24, 2.45) is 5.92 Å². The summed E-state index contributed by atoms with van der Waals surface area (Å²) >= 11 is 0. The second-order valence-electron chi connectivity index (χ2n) is 4.05. The average Bonchev–Trinajstić information content (AvgIpc) is 2.17. The summed E-state index contributed by atoms with van der Waals surface area (Å²) in [6.07, 6.45) is 1.57. The van der Waals surface area contributed by atoms with E-state index in [1.54, 1.807) is 12.1 Å². The van der Waals surface area contributed by atoms with Crippen LogP contribution in [0.25, 0.3) is 0 Å². The molecule has 15 heavy (non-hydrogen) atoms. The maximum Gasteiger partial charge on any atom is 0.488 e. The van der Waals surface area contributed by atoms with E-state index < -0.39 is 7.12 Å². The van der Waals surface area contributed by atoms with Crippen LogP contribution in [0.4, 0.5) is 0 Å². The fraction of sp³-hybridized carbons (Fsp3) is 0.364. The molecule has 1 rings (SSSR count). The smallest absolute Gasteiger partial charge is 0.423 e. The number of carbonyl (C=O) groups is 1. The molecular weight excluding hydrogens is 191 g/mol. The fourth-order valence-corrected chi connectivity index (χ4v) is 1.51. The summed E-state index contributed by atoms with van der Waals surface area (Å²) < 4.78 is 0. The number of hydrogen-bond donors (Lipinski definition) is 2. The average molecular weight is 206 g/mol. The molecule has 0 aliphatic rings. The Balaban J connectivity index is 3.03. The summed E-state index contributed by atoms with van der Waals surface area (Å²) in [5.74, 6) is 0.466. The fourth-order valence-electron chi connectivity index (χ4n) is 1.51. The molecule has 1 aromatic rings. The van der Waals surface area contributed by atoms with Gasteiger partial charge in [-0.3, -0.25) is 4.79 Å². The van der Waals surface area contributed by atoms with E-state index in [4.69, 9.17) is 10.0 Å².